The number of carbonyl (C=O) groups excluding carboxylic acids is 2. The molecular formula is C26H48O4. The van der Waals surface area contributed by atoms with Crippen LogP contribution in [0.4, 0.5) is 0 Å². The molecule has 0 saturated heterocycles. The van der Waals surface area contributed by atoms with E-state index in [4.69, 9.17) is 9.47 Å². The van der Waals surface area contributed by atoms with Crippen molar-refractivity contribution in [1.29, 1.82) is 0 Å². The lowest BCUT2D eigenvalue weighted by atomic mass is 10.1. The number of ether oxygens (including phenoxy) is 2. The molecule has 0 N–H and O–H groups in total. The maximum absolute atomic E-state index is 11.7. The zero-order valence-corrected chi connectivity index (χ0v) is 19.9. The SMILES string of the molecule is CC/C=C\CCCCCCCCCCOC(=O)CCCCCCCCC(=O)OCC. The van der Waals surface area contributed by atoms with Gasteiger partial charge in [0.1, 0.15) is 0 Å². The molecule has 4 heteroatoms. The molecule has 0 aliphatic heterocycles. The minimum absolute atomic E-state index is 0.0468. The van der Waals surface area contributed by atoms with E-state index in [9.17, 15) is 9.59 Å². The van der Waals surface area contributed by atoms with Crippen molar-refractivity contribution in [2.45, 2.75) is 129 Å². The first kappa shape index (κ1) is 28.7. The fourth-order valence-corrected chi connectivity index (χ4v) is 3.45. The van der Waals surface area contributed by atoms with Crippen LogP contribution < -0.4 is 0 Å². The van der Waals surface area contributed by atoms with Crippen molar-refractivity contribution in [3.05, 3.63) is 12.2 Å². The van der Waals surface area contributed by atoms with Gasteiger partial charge in [0.05, 0.1) is 13.2 Å². The van der Waals surface area contributed by atoms with Crippen LogP contribution in [0.3, 0.4) is 0 Å². The van der Waals surface area contributed by atoms with Crippen LogP contribution in [0.25, 0.3) is 0 Å². The molecule has 0 radical (unpaired) electrons. The lowest BCUT2D eigenvalue weighted by Gasteiger charge is -2.05. The first-order valence-electron chi connectivity index (χ1n) is 12.7. The van der Waals surface area contributed by atoms with Gasteiger partial charge in [-0.2, -0.15) is 0 Å². The summed E-state index contributed by atoms with van der Waals surface area (Å²) in [5.41, 5.74) is 0. The third kappa shape index (κ3) is 23.0. The van der Waals surface area contributed by atoms with Gasteiger partial charge in [0.15, 0.2) is 0 Å². The Morgan fingerprint density at radius 1 is 0.567 bits per heavy atom. The second-order valence-electron chi connectivity index (χ2n) is 8.14. The second kappa shape index (κ2) is 24.0. The molecule has 0 aromatic rings. The minimum atomic E-state index is -0.0914. The number of rotatable bonds is 22. The summed E-state index contributed by atoms with van der Waals surface area (Å²) in [5, 5.41) is 0. The van der Waals surface area contributed by atoms with Crippen LogP contribution in [0.1, 0.15) is 129 Å². The highest BCUT2D eigenvalue weighted by Crippen LogP contribution is 2.11. The third-order valence-corrected chi connectivity index (χ3v) is 5.25. The smallest absolute Gasteiger partial charge is 0.305 e. The van der Waals surface area contributed by atoms with Crippen LogP contribution in [0, 0.1) is 0 Å². The maximum atomic E-state index is 11.7. The van der Waals surface area contributed by atoms with Crippen molar-refractivity contribution in [3.8, 4) is 0 Å². The van der Waals surface area contributed by atoms with Gasteiger partial charge in [-0.1, -0.05) is 83.3 Å². The molecule has 176 valence electrons. The second-order valence-corrected chi connectivity index (χ2v) is 8.14. The first-order chi connectivity index (χ1) is 14.7. The van der Waals surface area contributed by atoms with E-state index in [0.717, 1.165) is 57.8 Å². The average Bonchev–Trinajstić information content (AvgIpc) is 2.73. The Kier molecular flexibility index (Phi) is 22.9. The van der Waals surface area contributed by atoms with Gasteiger partial charge in [-0.25, -0.2) is 0 Å². The summed E-state index contributed by atoms with van der Waals surface area (Å²) in [5.74, 6) is -0.138. The largest absolute Gasteiger partial charge is 0.466 e. The molecule has 0 bridgehead atoms. The molecule has 0 spiro atoms. The molecule has 0 aromatic carbocycles. The van der Waals surface area contributed by atoms with Crippen molar-refractivity contribution in [2.24, 2.45) is 0 Å². The van der Waals surface area contributed by atoms with Gasteiger partial charge < -0.3 is 9.47 Å². The van der Waals surface area contributed by atoms with Crippen LogP contribution in [-0.2, 0) is 19.1 Å². The molecule has 4 nitrogen and oxygen atoms in total. The molecule has 0 amide bonds. The molecule has 30 heavy (non-hydrogen) atoms. The highest BCUT2D eigenvalue weighted by molar-refractivity contribution is 5.69. The van der Waals surface area contributed by atoms with Crippen molar-refractivity contribution in [3.63, 3.8) is 0 Å². The zero-order chi connectivity index (χ0) is 22.1. The van der Waals surface area contributed by atoms with E-state index < -0.39 is 0 Å². The summed E-state index contributed by atoms with van der Waals surface area (Å²) in [4.78, 5) is 23.0. The molecule has 0 saturated carbocycles. The van der Waals surface area contributed by atoms with E-state index in [1.165, 1.54) is 44.9 Å². The van der Waals surface area contributed by atoms with Crippen molar-refractivity contribution >= 4 is 11.9 Å². The van der Waals surface area contributed by atoms with Crippen molar-refractivity contribution in [2.75, 3.05) is 13.2 Å². The van der Waals surface area contributed by atoms with Crippen molar-refractivity contribution in [1.82, 2.24) is 0 Å². The van der Waals surface area contributed by atoms with E-state index >= 15 is 0 Å². The number of hydrogen-bond acceptors (Lipinski definition) is 4. The van der Waals surface area contributed by atoms with Crippen LogP contribution in [0.2, 0.25) is 0 Å². The van der Waals surface area contributed by atoms with Crippen LogP contribution in [-0.4, -0.2) is 25.2 Å². The standard InChI is InChI=1S/C26H48O4/c1-3-5-6-7-8-9-10-11-12-15-18-21-24-30-26(28)23-20-17-14-13-16-19-22-25(27)29-4-2/h5-6H,3-4,7-24H2,1-2H3/b6-5-. The van der Waals surface area contributed by atoms with Crippen LogP contribution >= 0.6 is 0 Å². The van der Waals surface area contributed by atoms with Crippen LogP contribution in [0.5, 0.6) is 0 Å². The van der Waals surface area contributed by atoms with Gasteiger partial charge in [-0.05, 0) is 45.4 Å². The van der Waals surface area contributed by atoms with Gasteiger partial charge >= 0.3 is 11.9 Å². The number of carbonyl (C=O) groups is 2. The van der Waals surface area contributed by atoms with E-state index in [1.54, 1.807) is 0 Å². The Hall–Kier alpha value is -1.32. The predicted octanol–water partition coefficient (Wildman–Crippen LogP) is 7.69. The minimum Gasteiger partial charge on any atom is -0.466 e. The number of esters is 2. The quantitative estimate of drug-likeness (QED) is 0.101. The monoisotopic (exact) mass is 424 g/mol. The highest BCUT2D eigenvalue weighted by Gasteiger charge is 2.03. The Balaban J connectivity index is 3.22. The molecular weight excluding hydrogens is 376 g/mol. The van der Waals surface area contributed by atoms with E-state index in [1.807, 2.05) is 6.92 Å². The Morgan fingerprint density at radius 3 is 1.57 bits per heavy atom. The predicted molar refractivity (Wildman–Crippen MR) is 126 cm³/mol. The molecule has 0 atom stereocenters. The van der Waals surface area contributed by atoms with Gasteiger partial charge in [0, 0.05) is 12.8 Å². The van der Waals surface area contributed by atoms with Gasteiger partial charge in [-0.15, -0.1) is 0 Å². The molecule has 0 rings (SSSR count). The van der Waals surface area contributed by atoms with E-state index in [2.05, 4.69) is 19.1 Å². The Bertz CT molecular complexity index is 417. The number of unbranched alkanes of at least 4 members (excludes halogenated alkanes) is 13. The molecule has 0 aliphatic rings. The zero-order valence-electron chi connectivity index (χ0n) is 19.9. The summed E-state index contributed by atoms with van der Waals surface area (Å²) in [6, 6.07) is 0. The highest BCUT2D eigenvalue weighted by atomic mass is 16.5. The van der Waals surface area contributed by atoms with Gasteiger partial charge in [-0.3, -0.25) is 9.59 Å². The fraction of sp³-hybridized carbons (Fsp3) is 0.846. The normalized spacial score (nSPS) is 11.1. The molecule has 0 aromatic heterocycles. The number of hydrogen-bond donors (Lipinski definition) is 0. The summed E-state index contributed by atoms with van der Waals surface area (Å²) >= 11 is 0. The van der Waals surface area contributed by atoms with Gasteiger partial charge in [0.2, 0.25) is 0 Å². The lowest BCUT2D eigenvalue weighted by molar-refractivity contribution is -0.144. The summed E-state index contributed by atoms with van der Waals surface area (Å²) in [6.45, 7) is 5.06. The Morgan fingerprint density at radius 2 is 1.03 bits per heavy atom. The van der Waals surface area contributed by atoms with E-state index in [0.29, 0.717) is 26.1 Å². The fourth-order valence-electron chi connectivity index (χ4n) is 3.45. The molecule has 0 aliphatic carbocycles. The summed E-state index contributed by atoms with van der Waals surface area (Å²) in [6.07, 6.45) is 24.2. The van der Waals surface area contributed by atoms with Crippen LogP contribution in [0.15, 0.2) is 12.2 Å². The average molecular weight is 425 g/mol. The molecule has 0 heterocycles. The number of allylic oxidation sites excluding steroid dienone is 2. The van der Waals surface area contributed by atoms with Crippen molar-refractivity contribution < 1.29 is 19.1 Å². The van der Waals surface area contributed by atoms with E-state index in [-0.39, 0.29) is 11.9 Å². The van der Waals surface area contributed by atoms with Gasteiger partial charge in [0.25, 0.3) is 0 Å². The maximum Gasteiger partial charge on any atom is 0.305 e. The summed E-state index contributed by atoms with van der Waals surface area (Å²) < 4.78 is 10.2. The topological polar surface area (TPSA) is 52.6 Å². The third-order valence-electron chi connectivity index (χ3n) is 5.25. The lowest BCUT2D eigenvalue weighted by Crippen LogP contribution is -2.05. The summed E-state index contributed by atoms with van der Waals surface area (Å²) in [7, 11) is 0. The Labute approximate surface area is 186 Å². The first-order valence-corrected chi connectivity index (χ1v) is 12.7. The molecule has 0 fully saturated rings. The molecule has 0 unspecified atom stereocenters.